The van der Waals surface area contributed by atoms with Crippen LogP contribution in [-0.4, -0.2) is 34.5 Å². The van der Waals surface area contributed by atoms with Gasteiger partial charge in [0.15, 0.2) is 5.82 Å². The molecule has 0 fully saturated rings. The number of ether oxygens (including phenoxy) is 1. The molecule has 11 heteroatoms. The van der Waals surface area contributed by atoms with E-state index >= 15 is 0 Å². The van der Waals surface area contributed by atoms with E-state index in [1.165, 1.54) is 21.1 Å². The molecule has 0 saturated carbocycles. The lowest BCUT2D eigenvalue weighted by molar-refractivity contribution is -0.384. The summed E-state index contributed by atoms with van der Waals surface area (Å²) in [5, 5.41) is 11.0. The van der Waals surface area contributed by atoms with Gasteiger partial charge < -0.3 is 10.5 Å². The second kappa shape index (κ2) is 7.85. The number of hydrogen-bond acceptors (Lipinski definition) is 6. The van der Waals surface area contributed by atoms with Gasteiger partial charge in [-0.2, -0.15) is 0 Å². The van der Waals surface area contributed by atoms with Crippen LogP contribution in [0.4, 0.5) is 18.9 Å². The molecule has 0 bridgehead atoms. The van der Waals surface area contributed by atoms with Crippen LogP contribution in [0.5, 0.6) is 5.75 Å². The van der Waals surface area contributed by atoms with Gasteiger partial charge in [-0.25, -0.2) is 18.2 Å². The highest BCUT2D eigenvalue weighted by Crippen LogP contribution is 2.31. The summed E-state index contributed by atoms with van der Waals surface area (Å²) in [6.45, 7) is 1.41. The van der Waals surface area contributed by atoms with Crippen LogP contribution in [0, 0.1) is 27.6 Å². The summed E-state index contributed by atoms with van der Waals surface area (Å²) >= 11 is 0. The van der Waals surface area contributed by atoms with Gasteiger partial charge in [0.1, 0.15) is 35.1 Å². The lowest BCUT2D eigenvalue weighted by atomic mass is 10.0. The largest absolute Gasteiger partial charge is 0.497 e. The minimum absolute atomic E-state index is 0.00253. The smallest absolute Gasteiger partial charge is 0.274 e. The Morgan fingerprint density at radius 2 is 1.83 bits per heavy atom. The molecule has 30 heavy (non-hydrogen) atoms. The predicted molar refractivity (Wildman–Crippen MR) is 105 cm³/mol. The number of nitrogens with two attached hydrogens (primary N) is 1. The molecule has 1 heterocycles. The lowest BCUT2D eigenvalue weighted by Crippen LogP contribution is -2.19. The summed E-state index contributed by atoms with van der Waals surface area (Å²) in [7, 11) is 2.59. The van der Waals surface area contributed by atoms with Crippen molar-refractivity contribution in [1.82, 2.24) is 9.55 Å². The topological polar surface area (TPSA) is 109 Å². The van der Waals surface area contributed by atoms with Gasteiger partial charge in [0.25, 0.3) is 5.69 Å². The number of imidazole rings is 1. The molecule has 0 unspecified atom stereocenters. The van der Waals surface area contributed by atoms with Crippen LogP contribution in [0.15, 0.2) is 41.3 Å². The van der Waals surface area contributed by atoms with Crippen molar-refractivity contribution < 1.29 is 22.8 Å². The number of nitro benzene ring substituents is 1. The van der Waals surface area contributed by atoms with Gasteiger partial charge in [0, 0.05) is 36.5 Å². The van der Waals surface area contributed by atoms with E-state index in [4.69, 9.17) is 10.5 Å². The Morgan fingerprint density at radius 1 is 1.20 bits per heavy atom. The number of allylic oxidation sites excluding steroid dienone is 2. The number of methoxy groups -OCH3 is 1. The van der Waals surface area contributed by atoms with Crippen LogP contribution in [0.3, 0.4) is 0 Å². The van der Waals surface area contributed by atoms with Gasteiger partial charge in [-0.1, -0.05) is 0 Å². The first-order valence-electron chi connectivity index (χ1n) is 8.47. The van der Waals surface area contributed by atoms with E-state index in [0.717, 1.165) is 35.2 Å². The maximum atomic E-state index is 14.7. The van der Waals surface area contributed by atoms with Gasteiger partial charge in [0.05, 0.1) is 29.2 Å². The SMILES string of the molecule is CN=C(C(=C(C)N)c1c(F)cc(OC)cc1F)n1cnc2cc([N+](=O)[O-])cc(F)c21. The summed E-state index contributed by atoms with van der Waals surface area (Å²) in [6, 6.07) is 3.76. The minimum Gasteiger partial charge on any atom is -0.497 e. The number of rotatable bonds is 4. The number of aliphatic imine (C=N–C) groups is 1. The third-order valence-corrected chi connectivity index (χ3v) is 4.35. The van der Waals surface area contributed by atoms with Crippen molar-refractivity contribution in [2.75, 3.05) is 14.2 Å². The quantitative estimate of drug-likeness (QED) is 0.301. The standard InChI is InChI=1S/C19H16F3N5O3/c1-9(23)16(17-12(20)6-11(30-3)7-13(17)21)19(24-2)26-8-25-15-5-10(27(28)29)4-14(22)18(15)26/h4-8H,23H2,1-3H3. The van der Waals surface area contributed by atoms with Crippen molar-refractivity contribution in [3.05, 3.63) is 69.4 Å². The van der Waals surface area contributed by atoms with Gasteiger partial charge in [0.2, 0.25) is 0 Å². The number of nitrogens with zero attached hydrogens (tertiary/aromatic N) is 4. The maximum Gasteiger partial charge on any atom is 0.274 e. The molecule has 0 aliphatic carbocycles. The fraction of sp³-hybridized carbons (Fsp3) is 0.158. The van der Waals surface area contributed by atoms with Crippen molar-refractivity contribution in [3.63, 3.8) is 0 Å². The molecule has 8 nitrogen and oxygen atoms in total. The lowest BCUT2D eigenvalue weighted by Gasteiger charge is -2.17. The average molecular weight is 419 g/mol. The number of hydrogen-bond donors (Lipinski definition) is 1. The monoisotopic (exact) mass is 419 g/mol. The third kappa shape index (κ3) is 3.45. The summed E-state index contributed by atoms with van der Waals surface area (Å²) in [5.41, 5.74) is 4.63. The molecule has 1 aromatic heterocycles. The number of nitro groups is 1. The fourth-order valence-electron chi connectivity index (χ4n) is 3.08. The van der Waals surface area contributed by atoms with Crippen molar-refractivity contribution in [3.8, 4) is 5.75 Å². The first kappa shape index (κ1) is 20.8. The molecule has 3 rings (SSSR count). The number of non-ortho nitro benzene ring substituents is 1. The number of halogens is 3. The van der Waals surface area contributed by atoms with E-state index in [1.807, 2.05) is 0 Å². The molecule has 156 valence electrons. The highest BCUT2D eigenvalue weighted by atomic mass is 19.1. The van der Waals surface area contributed by atoms with E-state index in [-0.39, 0.29) is 33.9 Å². The molecule has 0 amide bonds. The first-order chi connectivity index (χ1) is 14.2. The Labute approximate surface area is 168 Å². The molecule has 3 aromatic rings. The minimum atomic E-state index is -0.965. The van der Waals surface area contributed by atoms with Gasteiger partial charge in [-0.3, -0.25) is 19.7 Å². The van der Waals surface area contributed by atoms with Crippen LogP contribution in [0.2, 0.25) is 0 Å². The Hall–Kier alpha value is -3.89. The Bertz CT molecular complexity index is 1210. The molecule has 0 aliphatic rings. The van der Waals surface area contributed by atoms with E-state index in [0.29, 0.717) is 0 Å². The molecular weight excluding hydrogens is 403 g/mol. The van der Waals surface area contributed by atoms with Crippen molar-refractivity contribution in [2.24, 2.45) is 10.7 Å². The molecule has 0 saturated heterocycles. The van der Waals surface area contributed by atoms with Crippen molar-refractivity contribution in [1.29, 1.82) is 0 Å². The molecule has 0 aliphatic heterocycles. The van der Waals surface area contributed by atoms with Crippen molar-refractivity contribution >= 4 is 28.1 Å². The predicted octanol–water partition coefficient (Wildman–Crippen LogP) is 3.64. The molecular formula is C19H16F3N5O3. The normalized spacial score (nSPS) is 12.8. The van der Waals surface area contributed by atoms with E-state index in [2.05, 4.69) is 9.98 Å². The van der Waals surface area contributed by atoms with E-state index < -0.39 is 33.6 Å². The summed E-state index contributed by atoms with van der Waals surface area (Å²) in [4.78, 5) is 18.2. The Kier molecular flexibility index (Phi) is 5.45. The maximum absolute atomic E-state index is 14.7. The van der Waals surface area contributed by atoms with E-state index in [1.54, 1.807) is 0 Å². The molecule has 0 spiro atoms. The zero-order valence-electron chi connectivity index (χ0n) is 16.1. The second-order valence-electron chi connectivity index (χ2n) is 6.24. The zero-order chi connectivity index (χ0) is 22.2. The molecule has 2 N–H and O–H groups in total. The Balaban J connectivity index is 2.28. The Morgan fingerprint density at radius 3 is 2.33 bits per heavy atom. The summed E-state index contributed by atoms with van der Waals surface area (Å²) in [5.74, 6) is -3.03. The van der Waals surface area contributed by atoms with Gasteiger partial charge >= 0.3 is 0 Å². The summed E-state index contributed by atoms with van der Waals surface area (Å²) < 4.78 is 50.2. The van der Waals surface area contributed by atoms with Crippen LogP contribution >= 0.6 is 0 Å². The van der Waals surface area contributed by atoms with Gasteiger partial charge in [-0.15, -0.1) is 0 Å². The van der Waals surface area contributed by atoms with Crippen LogP contribution in [-0.2, 0) is 0 Å². The second-order valence-corrected chi connectivity index (χ2v) is 6.24. The van der Waals surface area contributed by atoms with Gasteiger partial charge in [-0.05, 0) is 6.92 Å². The third-order valence-electron chi connectivity index (χ3n) is 4.35. The fourth-order valence-corrected chi connectivity index (χ4v) is 3.08. The zero-order valence-corrected chi connectivity index (χ0v) is 16.1. The average Bonchev–Trinajstić information content (AvgIpc) is 3.10. The van der Waals surface area contributed by atoms with E-state index in [9.17, 15) is 23.3 Å². The highest BCUT2D eigenvalue weighted by Gasteiger charge is 2.25. The highest BCUT2D eigenvalue weighted by molar-refractivity contribution is 6.26. The van der Waals surface area contributed by atoms with Crippen LogP contribution in [0.25, 0.3) is 16.6 Å². The first-order valence-corrected chi connectivity index (χ1v) is 8.47. The molecule has 0 atom stereocenters. The number of benzene rings is 2. The van der Waals surface area contributed by atoms with Crippen LogP contribution in [0.1, 0.15) is 12.5 Å². The number of fused-ring (bicyclic) bond motifs is 1. The summed E-state index contributed by atoms with van der Waals surface area (Å²) in [6.07, 6.45) is 1.14. The number of aromatic nitrogens is 2. The van der Waals surface area contributed by atoms with Crippen molar-refractivity contribution in [2.45, 2.75) is 6.92 Å². The van der Waals surface area contributed by atoms with Crippen LogP contribution < -0.4 is 10.5 Å². The molecule has 0 radical (unpaired) electrons. The molecule has 2 aromatic carbocycles.